The zero-order valence-corrected chi connectivity index (χ0v) is 11.5. The lowest BCUT2D eigenvalue weighted by Gasteiger charge is -2.04. The molecule has 0 bridgehead atoms. The number of halogens is 2. The van der Waals surface area contributed by atoms with Crippen LogP contribution in [-0.2, 0) is 0 Å². The highest BCUT2D eigenvalue weighted by Crippen LogP contribution is 2.32. The fraction of sp³-hybridized carbons (Fsp3) is 0.0769. The van der Waals surface area contributed by atoms with Crippen molar-refractivity contribution in [1.82, 2.24) is 9.97 Å². The van der Waals surface area contributed by atoms with Gasteiger partial charge in [0.05, 0.1) is 10.7 Å². The summed E-state index contributed by atoms with van der Waals surface area (Å²) in [5, 5.41) is 4.40. The zero-order chi connectivity index (χ0) is 13.4. The summed E-state index contributed by atoms with van der Waals surface area (Å²) in [5.74, 6) is -0.494. The van der Waals surface area contributed by atoms with E-state index in [1.54, 1.807) is 6.07 Å². The molecule has 0 aliphatic carbocycles. The normalized spacial score (nSPS) is 10.9. The molecule has 19 heavy (non-hydrogen) atoms. The minimum absolute atomic E-state index is 0.494. The van der Waals surface area contributed by atoms with Crippen LogP contribution in [0.15, 0.2) is 30.3 Å². The molecule has 1 aromatic carbocycles. The number of nitrogens with one attached hydrogen (secondary N) is 1. The average molecular weight is 293 g/mol. The Morgan fingerprint density at radius 3 is 2.79 bits per heavy atom. The van der Waals surface area contributed by atoms with Gasteiger partial charge in [0.2, 0.25) is 5.95 Å². The van der Waals surface area contributed by atoms with Crippen molar-refractivity contribution in [1.29, 1.82) is 0 Å². The first-order chi connectivity index (χ1) is 9.17. The van der Waals surface area contributed by atoms with Crippen molar-refractivity contribution in [3.63, 3.8) is 0 Å². The number of pyridine rings is 1. The highest BCUT2D eigenvalue weighted by Gasteiger charge is 2.09. The van der Waals surface area contributed by atoms with Gasteiger partial charge in [-0.15, -0.1) is 0 Å². The molecule has 0 amide bonds. The molecule has 6 heteroatoms. The Hall–Kier alpha value is -1.72. The summed E-state index contributed by atoms with van der Waals surface area (Å²) in [4.78, 5) is 8.84. The summed E-state index contributed by atoms with van der Waals surface area (Å²) >= 11 is 7.49. The molecule has 96 valence electrons. The van der Waals surface area contributed by atoms with E-state index in [0.29, 0.717) is 15.4 Å². The van der Waals surface area contributed by atoms with Gasteiger partial charge in [0.15, 0.2) is 0 Å². The monoisotopic (exact) mass is 292 g/mol. The van der Waals surface area contributed by atoms with Crippen LogP contribution in [0.5, 0.6) is 0 Å². The molecule has 0 aliphatic rings. The van der Waals surface area contributed by atoms with Crippen LogP contribution in [0.3, 0.4) is 0 Å². The van der Waals surface area contributed by atoms with Crippen molar-refractivity contribution >= 4 is 39.0 Å². The fourth-order valence-corrected chi connectivity index (χ4v) is 2.97. The third-order valence-corrected chi connectivity index (χ3v) is 4.03. The van der Waals surface area contributed by atoms with Crippen molar-refractivity contribution in [2.45, 2.75) is 0 Å². The average Bonchev–Trinajstić information content (AvgIpc) is 2.81. The van der Waals surface area contributed by atoms with Crippen molar-refractivity contribution in [2.75, 3.05) is 12.4 Å². The maximum absolute atomic E-state index is 13.0. The lowest BCUT2D eigenvalue weighted by atomic mass is 10.2. The highest BCUT2D eigenvalue weighted by molar-refractivity contribution is 7.21. The number of anilines is 1. The lowest BCUT2D eigenvalue weighted by molar-refractivity contribution is 0.589. The highest BCUT2D eigenvalue weighted by atomic mass is 35.5. The Labute approximate surface area is 118 Å². The Balaban J connectivity index is 2.11. The number of aromatic nitrogens is 2. The van der Waals surface area contributed by atoms with E-state index in [9.17, 15) is 4.39 Å². The summed E-state index contributed by atoms with van der Waals surface area (Å²) in [6.45, 7) is 0. The maximum atomic E-state index is 13.0. The van der Waals surface area contributed by atoms with Crippen molar-refractivity contribution < 1.29 is 4.39 Å². The molecule has 0 spiro atoms. The van der Waals surface area contributed by atoms with Gasteiger partial charge in [-0.3, -0.25) is 0 Å². The van der Waals surface area contributed by atoms with E-state index >= 15 is 0 Å². The van der Waals surface area contributed by atoms with Crippen LogP contribution in [0.1, 0.15) is 0 Å². The summed E-state index contributed by atoms with van der Waals surface area (Å²) in [5.41, 5.74) is 2.44. The van der Waals surface area contributed by atoms with E-state index in [-0.39, 0.29) is 0 Å². The number of rotatable bonds is 2. The molecule has 0 saturated carbocycles. The van der Waals surface area contributed by atoms with Gasteiger partial charge in [-0.2, -0.15) is 4.39 Å². The summed E-state index contributed by atoms with van der Waals surface area (Å²) < 4.78 is 13.0. The maximum Gasteiger partial charge on any atom is 0.214 e. The molecular weight excluding hydrogens is 284 g/mol. The molecule has 0 radical (unpaired) electrons. The molecule has 0 aliphatic heterocycles. The Bertz CT molecular complexity index is 757. The molecule has 0 fully saturated rings. The van der Waals surface area contributed by atoms with Crippen LogP contribution >= 0.6 is 22.9 Å². The molecule has 3 nitrogen and oxygen atoms in total. The van der Waals surface area contributed by atoms with Gasteiger partial charge in [0, 0.05) is 12.6 Å². The van der Waals surface area contributed by atoms with Crippen LogP contribution in [0, 0.1) is 5.95 Å². The zero-order valence-electron chi connectivity index (χ0n) is 9.95. The van der Waals surface area contributed by atoms with E-state index in [1.165, 1.54) is 17.4 Å². The van der Waals surface area contributed by atoms with Crippen molar-refractivity contribution in [3.8, 4) is 10.6 Å². The van der Waals surface area contributed by atoms with Gasteiger partial charge in [-0.25, -0.2) is 9.97 Å². The number of benzene rings is 1. The molecule has 1 N–H and O–H groups in total. The molecule has 2 heterocycles. The first-order valence-corrected chi connectivity index (χ1v) is 6.77. The summed E-state index contributed by atoms with van der Waals surface area (Å²) in [6, 6.07) is 8.58. The van der Waals surface area contributed by atoms with E-state index in [4.69, 9.17) is 11.6 Å². The Kier molecular flexibility index (Phi) is 3.08. The third kappa shape index (κ3) is 2.27. The fourth-order valence-electron chi connectivity index (χ4n) is 1.77. The van der Waals surface area contributed by atoms with Crippen LogP contribution in [-0.4, -0.2) is 17.0 Å². The second-order valence-corrected chi connectivity index (χ2v) is 5.31. The number of fused-ring (bicyclic) bond motifs is 1. The van der Waals surface area contributed by atoms with Gasteiger partial charge in [0.25, 0.3) is 0 Å². The van der Waals surface area contributed by atoms with E-state index < -0.39 is 5.95 Å². The van der Waals surface area contributed by atoms with Crippen LogP contribution in [0.4, 0.5) is 10.1 Å². The minimum Gasteiger partial charge on any atom is -0.387 e. The van der Waals surface area contributed by atoms with Crippen LogP contribution < -0.4 is 5.32 Å². The van der Waals surface area contributed by atoms with E-state index in [1.807, 2.05) is 25.2 Å². The number of hydrogen-bond acceptors (Lipinski definition) is 4. The molecule has 2 aromatic heterocycles. The van der Waals surface area contributed by atoms with Crippen molar-refractivity contribution in [2.24, 2.45) is 0 Å². The standard InChI is InChI=1S/C13H9ClFN3S/c1-16-9-3-2-7(6-8(9)14)12-17-10-4-5-11(15)18-13(10)19-12/h2-6,16H,1H3/i15-1. The SMILES string of the molecule is CNc1ccc(-c2nc3ccc([18F])nc3s2)cc1Cl. The number of nitrogens with zero attached hydrogens (tertiary/aromatic N) is 2. The van der Waals surface area contributed by atoms with Crippen LogP contribution in [0.2, 0.25) is 5.02 Å². The van der Waals surface area contributed by atoms with Gasteiger partial charge >= 0.3 is 0 Å². The van der Waals surface area contributed by atoms with Gasteiger partial charge in [-0.1, -0.05) is 22.9 Å². The van der Waals surface area contributed by atoms with Gasteiger partial charge < -0.3 is 5.32 Å². The van der Waals surface area contributed by atoms with Gasteiger partial charge in [-0.05, 0) is 30.3 Å². The molecule has 0 unspecified atom stereocenters. The Morgan fingerprint density at radius 2 is 2.05 bits per heavy atom. The quantitative estimate of drug-likeness (QED) is 0.720. The molecule has 3 rings (SSSR count). The Morgan fingerprint density at radius 1 is 1.21 bits per heavy atom. The predicted molar refractivity (Wildman–Crippen MR) is 77.4 cm³/mol. The second kappa shape index (κ2) is 4.75. The number of hydrogen-bond donors (Lipinski definition) is 1. The molecule has 0 atom stereocenters. The molecular formula is C13H9ClFN3S. The van der Waals surface area contributed by atoms with Crippen molar-refractivity contribution in [3.05, 3.63) is 41.3 Å². The topological polar surface area (TPSA) is 37.8 Å². The smallest absolute Gasteiger partial charge is 0.214 e. The van der Waals surface area contributed by atoms with Crippen LogP contribution in [0.25, 0.3) is 20.9 Å². The summed E-state index contributed by atoms with van der Waals surface area (Å²) in [6.07, 6.45) is 0. The first-order valence-electron chi connectivity index (χ1n) is 5.58. The largest absolute Gasteiger partial charge is 0.387 e. The first kappa shape index (κ1) is 12.3. The summed E-state index contributed by atoms with van der Waals surface area (Å²) in [7, 11) is 1.81. The number of thiazole rings is 1. The van der Waals surface area contributed by atoms with E-state index in [2.05, 4.69) is 15.3 Å². The van der Waals surface area contributed by atoms with Gasteiger partial charge in [0.1, 0.15) is 15.4 Å². The second-order valence-electron chi connectivity index (χ2n) is 3.92. The molecule has 3 aromatic rings. The van der Waals surface area contributed by atoms with E-state index in [0.717, 1.165) is 16.3 Å². The molecule has 0 saturated heterocycles. The third-order valence-electron chi connectivity index (χ3n) is 2.71. The lowest BCUT2D eigenvalue weighted by Crippen LogP contribution is -1.88. The predicted octanol–water partition coefficient (Wildman–Crippen LogP) is 4.19. The minimum atomic E-state index is -0.494.